The Morgan fingerprint density at radius 3 is 2.24 bits per heavy atom. The Labute approximate surface area is 131 Å². The van der Waals surface area contributed by atoms with Gasteiger partial charge in [0.05, 0.1) is 5.56 Å². The molecular weight excluding hydrogens is 313 g/mol. The Hall–Kier alpha value is -2.04. The van der Waals surface area contributed by atoms with Gasteiger partial charge in [0.15, 0.2) is 6.61 Å². The highest BCUT2D eigenvalue weighted by atomic mass is 35.5. The van der Waals surface area contributed by atoms with E-state index in [1.54, 1.807) is 48.5 Å². The lowest BCUT2D eigenvalue weighted by molar-refractivity contribution is -0.119. The average molecular weight is 324 g/mol. The summed E-state index contributed by atoms with van der Waals surface area (Å²) in [6.07, 6.45) is 0. The van der Waals surface area contributed by atoms with Gasteiger partial charge in [-0.3, -0.25) is 4.79 Å². The summed E-state index contributed by atoms with van der Waals surface area (Å²) in [5, 5.41) is 3.35. The molecule has 0 bridgehead atoms. The number of benzene rings is 2. The fraction of sp³-hybridized carbons (Fsp3) is 0.0667. The second-order valence-electron chi connectivity index (χ2n) is 4.15. The van der Waals surface area contributed by atoms with Crippen LogP contribution >= 0.6 is 23.2 Å². The molecule has 2 aromatic carbocycles. The summed E-state index contributed by atoms with van der Waals surface area (Å²) >= 11 is 11.6. The Morgan fingerprint density at radius 1 is 1.00 bits per heavy atom. The molecule has 0 aromatic heterocycles. The minimum atomic E-state index is -0.560. The number of hydrogen-bond acceptors (Lipinski definition) is 3. The van der Waals surface area contributed by atoms with Crippen LogP contribution in [0.5, 0.6) is 0 Å². The van der Waals surface area contributed by atoms with Gasteiger partial charge < -0.3 is 10.1 Å². The number of carbonyl (C=O) groups excluding carboxylic acids is 2. The first-order valence-electron chi connectivity index (χ1n) is 6.03. The second-order valence-corrected chi connectivity index (χ2v) is 5.02. The number of amides is 1. The molecule has 0 unspecified atom stereocenters. The van der Waals surface area contributed by atoms with Crippen LogP contribution in [0.25, 0.3) is 0 Å². The van der Waals surface area contributed by atoms with E-state index in [1.807, 2.05) is 0 Å². The van der Waals surface area contributed by atoms with Crippen molar-refractivity contribution in [3.63, 3.8) is 0 Å². The third kappa shape index (κ3) is 4.77. The average Bonchev–Trinajstić information content (AvgIpc) is 2.44. The van der Waals surface area contributed by atoms with Crippen molar-refractivity contribution in [3.05, 3.63) is 64.1 Å². The molecule has 0 aliphatic rings. The molecule has 0 saturated heterocycles. The van der Waals surface area contributed by atoms with Crippen LogP contribution in [0.15, 0.2) is 48.5 Å². The van der Waals surface area contributed by atoms with Crippen molar-refractivity contribution in [1.82, 2.24) is 0 Å². The zero-order valence-electron chi connectivity index (χ0n) is 10.8. The topological polar surface area (TPSA) is 55.4 Å². The SMILES string of the molecule is O=C(COC(=O)c1ccccc1)Nc1cc(Cl)cc(Cl)c1. The molecule has 1 amide bonds. The van der Waals surface area contributed by atoms with Gasteiger partial charge >= 0.3 is 5.97 Å². The quantitative estimate of drug-likeness (QED) is 0.871. The van der Waals surface area contributed by atoms with E-state index in [4.69, 9.17) is 27.9 Å². The number of nitrogens with one attached hydrogen (secondary N) is 1. The number of halogens is 2. The Balaban J connectivity index is 1.89. The molecular formula is C15H11Cl2NO3. The molecule has 0 aliphatic heterocycles. The molecule has 2 aromatic rings. The van der Waals surface area contributed by atoms with E-state index in [0.29, 0.717) is 21.3 Å². The van der Waals surface area contributed by atoms with Gasteiger partial charge in [-0.1, -0.05) is 41.4 Å². The van der Waals surface area contributed by atoms with Crippen molar-refractivity contribution in [3.8, 4) is 0 Å². The van der Waals surface area contributed by atoms with Crippen LogP contribution in [0.1, 0.15) is 10.4 Å². The summed E-state index contributed by atoms with van der Waals surface area (Å²) in [5.74, 6) is -1.03. The molecule has 0 radical (unpaired) electrons. The van der Waals surface area contributed by atoms with Crippen molar-refractivity contribution in [2.45, 2.75) is 0 Å². The van der Waals surface area contributed by atoms with E-state index < -0.39 is 18.5 Å². The Bertz CT molecular complexity index is 639. The molecule has 2 rings (SSSR count). The largest absolute Gasteiger partial charge is 0.452 e. The molecule has 0 atom stereocenters. The van der Waals surface area contributed by atoms with Gasteiger partial charge in [-0.15, -0.1) is 0 Å². The highest BCUT2D eigenvalue weighted by Crippen LogP contribution is 2.22. The molecule has 0 aliphatic carbocycles. The van der Waals surface area contributed by atoms with E-state index in [9.17, 15) is 9.59 Å². The van der Waals surface area contributed by atoms with Crippen LogP contribution in [0.4, 0.5) is 5.69 Å². The first kappa shape index (κ1) is 15.4. The van der Waals surface area contributed by atoms with Crippen LogP contribution in [0.3, 0.4) is 0 Å². The molecule has 1 N–H and O–H groups in total. The summed E-state index contributed by atoms with van der Waals surface area (Å²) in [6, 6.07) is 13.1. The summed E-state index contributed by atoms with van der Waals surface area (Å²) in [6.45, 7) is -0.391. The summed E-state index contributed by atoms with van der Waals surface area (Å²) in [4.78, 5) is 23.4. The predicted molar refractivity (Wildman–Crippen MR) is 81.8 cm³/mol. The molecule has 0 fully saturated rings. The number of esters is 1. The van der Waals surface area contributed by atoms with E-state index in [-0.39, 0.29) is 0 Å². The summed E-state index contributed by atoms with van der Waals surface area (Å²) < 4.78 is 4.91. The van der Waals surface area contributed by atoms with Crippen molar-refractivity contribution in [1.29, 1.82) is 0 Å². The van der Waals surface area contributed by atoms with Gasteiger partial charge in [-0.25, -0.2) is 4.79 Å². The fourth-order valence-electron chi connectivity index (χ4n) is 1.61. The van der Waals surface area contributed by atoms with Gasteiger partial charge in [0.2, 0.25) is 0 Å². The summed E-state index contributed by atoms with van der Waals surface area (Å²) in [7, 11) is 0. The van der Waals surface area contributed by atoms with E-state index >= 15 is 0 Å². The zero-order valence-corrected chi connectivity index (χ0v) is 12.3. The van der Waals surface area contributed by atoms with Crippen molar-refractivity contribution >= 4 is 40.8 Å². The van der Waals surface area contributed by atoms with Crippen LogP contribution in [0.2, 0.25) is 10.0 Å². The van der Waals surface area contributed by atoms with E-state index in [2.05, 4.69) is 5.32 Å². The summed E-state index contributed by atoms with van der Waals surface area (Å²) in [5.41, 5.74) is 0.823. The molecule has 0 heterocycles. The third-order valence-corrected chi connectivity index (χ3v) is 2.93. The van der Waals surface area contributed by atoms with Crippen molar-refractivity contribution in [2.75, 3.05) is 11.9 Å². The lowest BCUT2D eigenvalue weighted by Gasteiger charge is -2.07. The lowest BCUT2D eigenvalue weighted by Crippen LogP contribution is -2.20. The van der Waals surface area contributed by atoms with Gasteiger partial charge in [-0.05, 0) is 30.3 Å². The maximum Gasteiger partial charge on any atom is 0.338 e. The van der Waals surface area contributed by atoms with Crippen LogP contribution in [0, 0.1) is 0 Å². The van der Waals surface area contributed by atoms with Crippen LogP contribution in [-0.4, -0.2) is 18.5 Å². The first-order valence-corrected chi connectivity index (χ1v) is 6.78. The van der Waals surface area contributed by atoms with Gasteiger partial charge in [0.25, 0.3) is 5.91 Å². The number of ether oxygens (including phenoxy) is 1. The van der Waals surface area contributed by atoms with E-state index in [1.165, 1.54) is 0 Å². The minimum absolute atomic E-state index is 0.385. The monoisotopic (exact) mass is 323 g/mol. The van der Waals surface area contributed by atoms with E-state index in [0.717, 1.165) is 0 Å². The predicted octanol–water partition coefficient (Wildman–Crippen LogP) is 3.79. The van der Waals surface area contributed by atoms with Gasteiger partial charge in [0, 0.05) is 15.7 Å². The molecule has 108 valence electrons. The van der Waals surface area contributed by atoms with Gasteiger partial charge in [0.1, 0.15) is 0 Å². The standard InChI is InChI=1S/C15H11Cl2NO3/c16-11-6-12(17)8-13(7-11)18-14(19)9-21-15(20)10-4-2-1-3-5-10/h1-8H,9H2,(H,18,19). The molecule has 6 heteroatoms. The second kappa shape index (κ2) is 7.11. The zero-order chi connectivity index (χ0) is 15.2. The Kier molecular flexibility index (Phi) is 5.20. The minimum Gasteiger partial charge on any atom is -0.452 e. The van der Waals surface area contributed by atoms with Crippen molar-refractivity contribution in [2.24, 2.45) is 0 Å². The maximum atomic E-state index is 11.7. The van der Waals surface area contributed by atoms with Gasteiger partial charge in [-0.2, -0.15) is 0 Å². The number of anilines is 1. The first-order chi connectivity index (χ1) is 10.0. The normalized spacial score (nSPS) is 10.0. The molecule has 0 saturated carbocycles. The highest BCUT2D eigenvalue weighted by molar-refractivity contribution is 6.35. The van der Waals surface area contributed by atoms with Crippen molar-refractivity contribution < 1.29 is 14.3 Å². The van der Waals surface area contributed by atoms with Crippen LogP contribution < -0.4 is 5.32 Å². The third-order valence-electron chi connectivity index (χ3n) is 2.49. The molecule has 0 spiro atoms. The van der Waals surface area contributed by atoms with Crippen LogP contribution in [-0.2, 0) is 9.53 Å². The fourth-order valence-corrected chi connectivity index (χ4v) is 2.14. The smallest absolute Gasteiger partial charge is 0.338 e. The number of hydrogen-bond donors (Lipinski definition) is 1. The maximum absolute atomic E-state index is 11.7. The highest BCUT2D eigenvalue weighted by Gasteiger charge is 2.10. The molecule has 4 nitrogen and oxygen atoms in total. The Morgan fingerprint density at radius 2 is 1.62 bits per heavy atom. The number of carbonyl (C=O) groups is 2. The lowest BCUT2D eigenvalue weighted by atomic mass is 10.2. The molecule has 21 heavy (non-hydrogen) atoms. The number of rotatable bonds is 4.